The molecule has 0 atom stereocenters. The molecule has 28 heavy (non-hydrogen) atoms. The maximum atomic E-state index is 12.5. The highest BCUT2D eigenvalue weighted by atomic mass is 32.2. The number of rotatable bonds is 5. The van der Waals surface area contributed by atoms with Crippen LogP contribution in [0.15, 0.2) is 113 Å². The van der Waals surface area contributed by atoms with Crippen LogP contribution in [0.1, 0.15) is 21.5 Å². The molecule has 0 heterocycles. The van der Waals surface area contributed by atoms with Gasteiger partial charge in [0.2, 0.25) is 0 Å². The van der Waals surface area contributed by atoms with Gasteiger partial charge in [0.15, 0.2) is 5.78 Å². The first kappa shape index (κ1) is 18.3. The molecule has 0 aliphatic heterocycles. The molecule has 0 aliphatic carbocycles. The fourth-order valence-electron chi connectivity index (χ4n) is 3.03. The van der Waals surface area contributed by atoms with Crippen molar-refractivity contribution in [1.82, 2.24) is 0 Å². The molecule has 0 saturated carbocycles. The monoisotopic (exact) mass is 380 g/mol. The van der Waals surface area contributed by atoms with Gasteiger partial charge in [-0.2, -0.15) is 0 Å². The molecule has 0 bridgehead atoms. The molecule has 4 rings (SSSR count). The van der Waals surface area contributed by atoms with Crippen LogP contribution in [0.5, 0.6) is 0 Å². The first-order valence-electron chi connectivity index (χ1n) is 9.24. The summed E-state index contributed by atoms with van der Waals surface area (Å²) in [5.41, 5.74) is 5.14. The van der Waals surface area contributed by atoms with Crippen LogP contribution in [0.25, 0.3) is 11.1 Å². The van der Waals surface area contributed by atoms with Gasteiger partial charge < -0.3 is 0 Å². The first-order chi connectivity index (χ1) is 13.7. The third-order valence-corrected chi connectivity index (χ3v) is 5.64. The maximum absolute atomic E-state index is 12.5. The summed E-state index contributed by atoms with van der Waals surface area (Å²) in [4.78, 5) is 14.8. The molecule has 0 spiro atoms. The molecule has 4 aromatic carbocycles. The lowest BCUT2D eigenvalue weighted by Crippen LogP contribution is -2.00. The number of aryl methyl sites for hydroxylation is 1. The number of benzene rings is 4. The van der Waals surface area contributed by atoms with Crippen LogP contribution in [0.4, 0.5) is 0 Å². The van der Waals surface area contributed by atoms with E-state index in [1.54, 1.807) is 11.8 Å². The van der Waals surface area contributed by atoms with Crippen molar-refractivity contribution in [2.75, 3.05) is 0 Å². The number of ketones is 1. The summed E-state index contributed by atoms with van der Waals surface area (Å²) >= 11 is 1.70. The summed E-state index contributed by atoms with van der Waals surface area (Å²) in [5, 5.41) is 0. The highest BCUT2D eigenvalue weighted by Gasteiger charge is 2.08. The van der Waals surface area contributed by atoms with E-state index in [4.69, 9.17) is 0 Å². The molecule has 0 saturated heterocycles. The summed E-state index contributed by atoms with van der Waals surface area (Å²) < 4.78 is 0. The smallest absolute Gasteiger partial charge is 0.193 e. The van der Waals surface area contributed by atoms with Crippen molar-refractivity contribution in [3.05, 3.63) is 120 Å². The van der Waals surface area contributed by atoms with Crippen molar-refractivity contribution in [3.63, 3.8) is 0 Å². The van der Waals surface area contributed by atoms with E-state index in [2.05, 4.69) is 55.5 Å². The van der Waals surface area contributed by atoms with E-state index in [9.17, 15) is 4.79 Å². The van der Waals surface area contributed by atoms with Gasteiger partial charge in [0.05, 0.1) is 0 Å². The Kier molecular flexibility index (Phi) is 5.41. The average Bonchev–Trinajstić information content (AvgIpc) is 2.76. The lowest BCUT2D eigenvalue weighted by molar-refractivity contribution is 0.103. The number of carbonyl (C=O) groups is 1. The number of carbonyl (C=O) groups excluding carboxylic acids is 1. The molecule has 4 aromatic rings. The van der Waals surface area contributed by atoms with Gasteiger partial charge in [-0.05, 0) is 54.4 Å². The summed E-state index contributed by atoms with van der Waals surface area (Å²) in [6.45, 7) is 2.10. The topological polar surface area (TPSA) is 17.1 Å². The minimum atomic E-state index is 0.0552. The van der Waals surface area contributed by atoms with Gasteiger partial charge in [-0.3, -0.25) is 4.79 Å². The fourth-order valence-corrected chi connectivity index (χ4v) is 3.84. The molecule has 0 N–H and O–H groups in total. The minimum absolute atomic E-state index is 0.0552. The van der Waals surface area contributed by atoms with Crippen molar-refractivity contribution in [3.8, 4) is 11.1 Å². The Labute approximate surface area is 170 Å². The van der Waals surface area contributed by atoms with Gasteiger partial charge in [-0.15, -0.1) is 0 Å². The van der Waals surface area contributed by atoms with Gasteiger partial charge in [0, 0.05) is 20.9 Å². The van der Waals surface area contributed by atoms with E-state index in [-0.39, 0.29) is 5.78 Å². The third-order valence-electron chi connectivity index (χ3n) is 4.63. The van der Waals surface area contributed by atoms with Crippen LogP contribution in [0.3, 0.4) is 0 Å². The predicted molar refractivity (Wildman–Crippen MR) is 117 cm³/mol. The van der Waals surface area contributed by atoms with Crippen LogP contribution in [0.2, 0.25) is 0 Å². The predicted octanol–water partition coefficient (Wildman–Crippen LogP) is 7.04. The SMILES string of the molecule is Cc1ccc(-c2ccc(Sc3ccc(C(=O)c4ccccc4)cc3)cc2)cc1. The van der Waals surface area contributed by atoms with Gasteiger partial charge in [-0.1, -0.05) is 84.1 Å². The van der Waals surface area contributed by atoms with E-state index >= 15 is 0 Å². The highest BCUT2D eigenvalue weighted by molar-refractivity contribution is 7.99. The lowest BCUT2D eigenvalue weighted by atomic mass is 10.0. The van der Waals surface area contributed by atoms with Crippen LogP contribution in [-0.2, 0) is 0 Å². The standard InChI is InChI=1S/C26H20OS/c1-19-7-9-20(10-8-19)21-11-15-24(16-12-21)28-25-17-13-23(14-18-25)26(27)22-5-3-2-4-6-22/h2-18H,1H3. The molecule has 0 fully saturated rings. The molecule has 2 heteroatoms. The van der Waals surface area contributed by atoms with E-state index < -0.39 is 0 Å². The van der Waals surface area contributed by atoms with Gasteiger partial charge in [-0.25, -0.2) is 0 Å². The molecular weight excluding hydrogens is 360 g/mol. The van der Waals surface area contributed by atoms with Crippen LogP contribution in [0, 0.1) is 6.92 Å². The Bertz CT molecular complexity index is 1060. The summed E-state index contributed by atoms with van der Waals surface area (Å²) in [7, 11) is 0. The van der Waals surface area contributed by atoms with Crippen LogP contribution < -0.4 is 0 Å². The van der Waals surface area contributed by atoms with E-state index in [1.807, 2.05) is 54.6 Å². The normalized spacial score (nSPS) is 10.6. The van der Waals surface area contributed by atoms with E-state index in [1.165, 1.54) is 21.6 Å². The zero-order valence-electron chi connectivity index (χ0n) is 15.6. The molecule has 1 nitrogen and oxygen atoms in total. The zero-order valence-corrected chi connectivity index (χ0v) is 16.4. The molecule has 0 aliphatic rings. The van der Waals surface area contributed by atoms with E-state index in [0.29, 0.717) is 5.56 Å². The van der Waals surface area contributed by atoms with Gasteiger partial charge in [0.25, 0.3) is 0 Å². The van der Waals surface area contributed by atoms with E-state index in [0.717, 1.165) is 10.5 Å². The van der Waals surface area contributed by atoms with Crippen molar-refractivity contribution >= 4 is 17.5 Å². The van der Waals surface area contributed by atoms with Gasteiger partial charge in [0.1, 0.15) is 0 Å². The van der Waals surface area contributed by atoms with Crippen LogP contribution in [-0.4, -0.2) is 5.78 Å². The van der Waals surface area contributed by atoms with Crippen molar-refractivity contribution < 1.29 is 4.79 Å². The second-order valence-electron chi connectivity index (χ2n) is 6.71. The Morgan fingerprint density at radius 3 is 1.61 bits per heavy atom. The largest absolute Gasteiger partial charge is 0.289 e. The lowest BCUT2D eigenvalue weighted by Gasteiger charge is -2.06. The molecular formula is C26H20OS. The third kappa shape index (κ3) is 4.24. The molecule has 0 unspecified atom stereocenters. The van der Waals surface area contributed by atoms with Crippen LogP contribution >= 0.6 is 11.8 Å². The minimum Gasteiger partial charge on any atom is -0.289 e. The second kappa shape index (κ2) is 8.28. The average molecular weight is 381 g/mol. The summed E-state index contributed by atoms with van der Waals surface area (Å²) in [6, 6.07) is 34.4. The fraction of sp³-hybridized carbons (Fsp3) is 0.0385. The molecule has 0 radical (unpaired) electrons. The quantitative estimate of drug-likeness (QED) is 0.345. The van der Waals surface area contributed by atoms with Crippen molar-refractivity contribution in [2.45, 2.75) is 16.7 Å². The Morgan fingerprint density at radius 1 is 0.571 bits per heavy atom. The molecule has 0 aromatic heterocycles. The number of hydrogen-bond acceptors (Lipinski definition) is 2. The first-order valence-corrected chi connectivity index (χ1v) is 10.1. The Hall–Kier alpha value is -3.10. The Morgan fingerprint density at radius 2 is 1.04 bits per heavy atom. The zero-order chi connectivity index (χ0) is 19.3. The van der Waals surface area contributed by atoms with Crippen molar-refractivity contribution in [1.29, 1.82) is 0 Å². The summed E-state index contributed by atoms with van der Waals surface area (Å²) in [6.07, 6.45) is 0. The molecule has 136 valence electrons. The Balaban J connectivity index is 1.46. The molecule has 0 amide bonds. The maximum Gasteiger partial charge on any atom is 0.193 e. The summed E-state index contributed by atoms with van der Waals surface area (Å²) in [5.74, 6) is 0.0552. The van der Waals surface area contributed by atoms with Gasteiger partial charge >= 0.3 is 0 Å². The van der Waals surface area contributed by atoms with Crippen molar-refractivity contribution in [2.24, 2.45) is 0 Å². The second-order valence-corrected chi connectivity index (χ2v) is 7.86. The highest BCUT2D eigenvalue weighted by Crippen LogP contribution is 2.30. The number of hydrogen-bond donors (Lipinski definition) is 0.